The molecule has 0 spiro atoms. The molecule has 0 saturated carbocycles. The maximum Gasteiger partial charge on any atom is 0.00860 e. The molecule has 0 rings (SSSR count). The first-order chi connectivity index (χ1) is 9.41. The summed E-state index contributed by atoms with van der Waals surface area (Å²) in [4.78, 5) is 0. The number of rotatable bonds is 15. The van der Waals surface area contributed by atoms with Crippen molar-refractivity contribution in [2.45, 2.75) is 89.9 Å². The van der Waals surface area contributed by atoms with Gasteiger partial charge in [0.15, 0.2) is 0 Å². The standard InChI is InChI=1S/C18H34S/c1-3-4-5-6-7-8-9-10-11-12-13-14-15-16-17-18-19-2/h1H,4-18H2,2H3. The van der Waals surface area contributed by atoms with Crippen LogP contribution in [0.1, 0.15) is 89.9 Å². The normalized spacial score (nSPS) is 10.5. The third kappa shape index (κ3) is 17.9. The van der Waals surface area contributed by atoms with Crippen LogP contribution in [0.15, 0.2) is 0 Å². The van der Waals surface area contributed by atoms with Crippen molar-refractivity contribution < 1.29 is 0 Å². The van der Waals surface area contributed by atoms with Crippen molar-refractivity contribution >= 4 is 11.8 Å². The van der Waals surface area contributed by atoms with E-state index in [2.05, 4.69) is 12.2 Å². The number of terminal acetylenes is 1. The van der Waals surface area contributed by atoms with Gasteiger partial charge in [0.1, 0.15) is 0 Å². The van der Waals surface area contributed by atoms with Gasteiger partial charge >= 0.3 is 0 Å². The number of hydrogen-bond acceptors (Lipinski definition) is 1. The SMILES string of the molecule is C#CCCCCCCCCCCCCCCCSC. The second kappa shape index (κ2) is 17.9. The van der Waals surface area contributed by atoms with Gasteiger partial charge in [0.25, 0.3) is 0 Å². The second-order valence-electron chi connectivity index (χ2n) is 5.54. The third-order valence-corrected chi connectivity index (χ3v) is 4.37. The highest BCUT2D eigenvalue weighted by Crippen LogP contribution is 2.13. The van der Waals surface area contributed by atoms with Gasteiger partial charge in [-0.1, -0.05) is 70.6 Å². The van der Waals surface area contributed by atoms with Crippen LogP contribution in [0, 0.1) is 12.3 Å². The first-order valence-electron chi connectivity index (χ1n) is 8.34. The summed E-state index contributed by atoms with van der Waals surface area (Å²) in [5.74, 6) is 4.06. The average Bonchev–Trinajstić information content (AvgIpc) is 2.43. The van der Waals surface area contributed by atoms with Gasteiger partial charge in [-0.3, -0.25) is 0 Å². The zero-order chi connectivity index (χ0) is 14.0. The van der Waals surface area contributed by atoms with E-state index in [1.807, 2.05) is 11.8 Å². The van der Waals surface area contributed by atoms with Crippen LogP contribution in [-0.4, -0.2) is 12.0 Å². The molecule has 0 saturated heterocycles. The molecule has 0 bridgehead atoms. The molecule has 0 atom stereocenters. The lowest BCUT2D eigenvalue weighted by Crippen LogP contribution is -1.84. The van der Waals surface area contributed by atoms with Crippen LogP contribution in [0.2, 0.25) is 0 Å². The van der Waals surface area contributed by atoms with E-state index in [1.54, 1.807) is 0 Å². The van der Waals surface area contributed by atoms with Gasteiger partial charge in [0.05, 0.1) is 0 Å². The Kier molecular flexibility index (Phi) is 17.8. The van der Waals surface area contributed by atoms with Crippen molar-refractivity contribution in [3.8, 4) is 12.3 Å². The fourth-order valence-corrected chi connectivity index (χ4v) is 2.91. The molecule has 0 radical (unpaired) electrons. The minimum Gasteiger partial charge on any atom is -0.165 e. The average molecular weight is 283 g/mol. The molecule has 0 aliphatic rings. The maximum absolute atomic E-state index is 5.23. The van der Waals surface area contributed by atoms with E-state index in [4.69, 9.17) is 6.42 Å². The van der Waals surface area contributed by atoms with E-state index >= 15 is 0 Å². The Balaban J connectivity index is 2.90. The summed E-state index contributed by atoms with van der Waals surface area (Å²) in [5, 5.41) is 0. The molecule has 0 amide bonds. The van der Waals surface area contributed by atoms with Crippen LogP contribution in [0.25, 0.3) is 0 Å². The number of unbranched alkanes of at least 4 members (excludes halogenated alkanes) is 13. The van der Waals surface area contributed by atoms with Crippen LogP contribution >= 0.6 is 11.8 Å². The summed E-state index contributed by atoms with van der Waals surface area (Å²) in [7, 11) is 0. The highest BCUT2D eigenvalue weighted by molar-refractivity contribution is 7.98. The van der Waals surface area contributed by atoms with E-state index in [1.165, 1.54) is 89.2 Å². The van der Waals surface area contributed by atoms with E-state index in [0.717, 1.165) is 6.42 Å². The Bertz CT molecular complexity index is 192. The monoisotopic (exact) mass is 282 g/mol. The number of hydrogen-bond donors (Lipinski definition) is 0. The van der Waals surface area contributed by atoms with E-state index in [0.29, 0.717) is 0 Å². The molecular formula is C18H34S. The Labute approximate surface area is 126 Å². The summed E-state index contributed by atoms with van der Waals surface area (Å²) in [6, 6.07) is 0. The van der Waals surface area contributed by atoms with Crippen LogP contribution < -0.4 is 0 Å². The minimum absolute atomic E-state index is 0.969. The van der Waals surface area contributed by atoms with Crippen LogP contribution in [0.5, 0.6) is 0 Å². The molecule has 0 unspecified atom stereocenters. The molecule has 0 N–H and O–H groups in total. The Morgan fingerprint density at radius 2 is 1.00 bits per heavy atom. The van der Waals surface area contributed by atoms with Crippen molar-refractivity contribution in [3.05, 3.63) is 0 Å². The molecule has 0 aromatic heterocycles. The third-order valence-electron chi connectivity index (χ3n) is 3.67. The zero-order valence-electron chi connectivity index (χ0n) is 13.1. The fraction of sp³-hybridized carbons (Fsp3) is 0.889. The molecule has 0 aliphatic heterocycles. The molecular weight excluding hydrogens is 248 g/mol. The Morgan fingerprint density at radius 1 is 0.632 bits per heavy atom. The van der Waals surface area contributed by atoms with Gasteiger partial charge in [-0.25, -0.2) is 0 Å². The minimum atomic E-state index is 0.969. The summed E-state index contributed by atoms with van der Waals surface area (Å²) in [6.45, 7) is 0. The lowest BCUT2D eigenvalue weighted by molar-refractivity contribution is 0.541. The molecule has 0 aliphatic carbocycles. The Morgan fingerprint density at radius 3 is 1.37 bits per heavy atom. The predicted octanol–water partition coefficient (Wildman–Crippen LogP) is 6.44. The highest BCUT2D eigenvalue weighted by Gasteiger charge is 1.93. The predicted molar refractivity (Wildman–Crippen MR) is 91.9 cm³/mol. The van der Waals surface area contributed by atoms with Gasteiger partial charge < -0.3 is 0 Å². The van der Waals surface area contributed by atoms with Crippen molar-refractivity contribution in [1.29, 1.82) is 0 Å². The summed E-state index contributed by atoms with van der Waals surface area (Å²) in [6.07, 6.45) is 26.8. The maximum atomic E-state index is 5.23. The van der Waals surface area contributed by atoms with E-state index < -0.39 is 0 Å². The molecule has 0 nitrogen and oxygen atoms in total. The lowest BCUT2D eigenvalue weighted by atomic mass is 10.0. The molecule has 0 aromatic carbocycles. The quantitative estimate of drug-likeness (QED) is 0.246. The molecule has 0 heterocycles. The van der Waals surface area contributed by atoms with Crippen molar-refractivity contribution in [3.63, 3.8) is 0 Å². The lowest BCUT2D eigenvalue weighted by Gasteiger charge is -2.02. The molecule has 0 fully saturated rings. The van der Waals surface area contributed by atoms with Gasteiger partial charge in [0, 0.05) is 6.42 Å². The first kappa shape index (κ1) is 18.9. The molecule has 0 aromatic rings. The van der Waals surface area contributed by atoms with Gasteiger partial charge in [-0.15, -0.1) is 12.3 Å². The smallest absolute Gasteiger partial charge is 0.00860 e. The molecule has 112 valence electrons. The molecule has 1 heteroatoms. The van der Waals surface area contributed by atoms with Gasteiger partial charge in [0.2, 0.25) is 0 Å². The molecule has 19 heavy (non-hydrogen) atoms. The van der Waals surface area contributed by atoms with Crippen LogP contribution in [0.4, 0.5) is 0 Å². The van der Waals surface area contributed by atoms with Crippen molar-refractivity contribution in [2.24, 2.45) is 0 Å². The fourth-order valence-electron chi connectivity index (χ4n) is 2.42. The van der Waals surface area contributed by atoms with Crippen molar-refractivity contribution in [1.82, 2.24) is 0 Å². The first-order valence-corrected chi connectivity index (χ1v) is 9.73. The summed E-state index contributed by atoms with van der Waals surface area (Å²) >= 11 is 1.98. The van der Waals surface area contributed by atoms with Gasteiger partial charge in [-0.2, -0.15) is 11.8 Å². The summed E-state index contributed by atoms with van der Waals surface area (Å²) in [5.41, 5.74) is 0. The zero-order valence-corrected chi connectivity index (χ0v) is 13.9. The largest absolute Gasteiger partial charge is 0.165 e. The highest BCUT2D eigenvalue weighted by atomic mass is 32.2. The second-order valence-corrected chi connectivity index (χ2v) is 6.53. The Hall–Kier alpha value is -0.0900. The van der Waals surface area contributed by atoms with Crippen LogP contribution in [0.3, 0.4) is 0 Å². The van der Waals surface area contributed by atoms with Crippen molar-refractivity contribution in [2.75, 3.05) is 12.0 Å². The van der Waals surface area contributed by atoms with E-state index in [-0.39, 0.29) is 0 Å². The van der Waals surface area contributed by atoms with Crippen LogP contribution in [-0.2, 0) is 0 Å². The number of thioether (sulfide) groups is 1. The summed E-state index contributed by atoms with van der Waals surface area (Å²) < 4.78 is 0. The topological polar surface area (TPSA) is 0 Å². The van der Waals surface area contributed by atoms with E-state index in [9.17, 15) is 0 Å². The van der Waals surface area contributed by atoms with Gasteiger partial charge in [-0.05, 0) is 24.9 Å².